The van der Waals surface area contributed by atoms with E-state index in [1.165, 1.54) is 10.4 Å². The molecule has 1 saturated heterocycles. The van der Waals surface area contributed by atoms with Crippen LogP contribution in [0.2, 0.25) is 5.02 Å². The summed E-state index contributed by atoms with van der Waals surface area (Å²) in [6, 6.07) is 6.41. The molecule has 1 aliphatic rings. The van der Waals surface area contributed by atoms with Gasteiger partial charge in [-0.05, 0) is 12.1 Å². The molecule has 0 aliphatic carbocycles. The molecule has 1 amide bonds. The van der Waals surface area contributed by atoms with Crippen LogP contribution < -0.4 is 0 Å². The maximum Gasteiger partial charge on any atom is 0.244 e. The number of carbonyl (C=O) groups is 1. The van der Waals surface area contributed by atoms with Crippen molar-refractivity contribution in [2.75, 3.05) is 26.2 Å². The normalized spacial score (nSPS) is 17.2. The highest BCUT2D eigenvalue weighted by molar-refractivity contribution is 7.89. The molecular formula is C14H19ClN2O3S. The Morgan fingerprint density at radius 2 is 1.71 bits per heavy atom. The van der Waals surface area contributed by atoms with Gasteiger partial charge in [-0.25, -0.2) is 8.42 Å². The third kappa shape index (κ3) is 3.39. The molecule has 0 N–H and O–H groups in total. The Balaban J connectivity index is 2.12. The van der Waals surface area contributed by atoms with E-state index in [1.807, 2.05) is 13.8 Å². The van der Waals surface area contributed by atoms with Crippen LogP contribution in [0.25, 0.3) is 0 Å². The molecule has 116 valence electrons. The van der Waals surface area contributed by atoms with Gasteiger partial charge < -0.3 is 4.90 Å². The van der Waals surface area contributed by atoms with Gasteiger partial charge in [-0.15, -0.1) is 0 Å². The minimum atomic E-state index is -3.60. The highest BCUT2D eigenvalue weighted by Crippen LogP contribution is 2.25. The summed E-state index contributed by atoms with van der Waals surface area (Å²) in [7, 11) is -3.60. The first-order valence-electron chi connectivity index (χ1n) is 6.87. The lowest BCUT2D eigenvalue weighted by atomic mass is 10.2. The van der Waals surface area contributed by atoms with Gasteiger partial charge in [0.1, 0.15) is 4.90 Å². The Morgan fingerprint density at radius 3 is 2.24 bits per heavy atom. The summed E-state index contributed by atoms with van der Waals surface area (Å²) in [6.07, 6.45) is 0. The third-order valence-electron chi connectivity index (χ3n) is 3.50. The lowest BCUT2D eigenvalue weighted by Gasteiger charge is -2.35. The van der Waals surface area contributed by atoms with Crippen molar-refractivity contribution in [2.45, 2.75) is 18.7 Å². The van der Waals surface area contributed by atoms with Gasteiger partial charge in [0, 0.05) is 32.1 Å². The number of hydrogen-bond donors (Lipinski definition) is 0. The van der Waals surface area contributed by atoms with Gasteiger partial charge in [-0.3, -0.25) is 4.79 Å². The summed E-state index contributed by atoms with van der Waals surface area (Å²) in [6.45, 7) is 5.11. The van der Waals surface area contributed by atoms with Gasteiger partial charge >= 0.3 is 0 Å². The van der Waals surface area contributed by atoms with Crippen molar-refractivity contribution in [2.24, 2.45) is 5.92 Å². The first kappa shape index (κ1) is 16.3. The smallest absolute Gasteiger partial charge is 0.244 e. The van der Waals surface area contributed by atoms with E-state index in [2.05, 4.69) is 0 Å². The van der Waals surface area contributed by atoms with Crippen LogP contribution >= 0.6 is 11.6 Å². The molecule has 7 heteroatoms. The Labute approximate surface area is 130 Å². The van der Waals surface area contributed by atoms with Crippen LogP contribution in [0.15, 0.2) is 29.2 Å². The van der Waals surface area contributed by atoms with Gasteiger partial charge in [-0.2, -0.15) is 4.31 Å². The molecule has 0 bridgehead atoms. The van der Waals surface area contributed by atoms with Crippen LogP contribution in [-0.4, -0.2) is 49.7 Å². The number of hydrogen-bond acceptors (Lipinski definition) is 3. The molecule has 21 heavy (non-hydrogen) atoms. The number of nitrogens with zero attached hydrogens (tertiary/aromatic N) is 2. The fourth-order valence-corrected chi connectivity index (χ4v) is 4.22. The molecule has 0 radical (unpaired) electrons. The first-order valence-corrected chi connectivity index (χ1v) is 8.69. The molecule has 0 atom stereocenters. The molecule has 2 rings (SSSR count). The second-order valence-electron chi connectivity index (χ2n) is 5.31. The van der Waals surface area contributed by atoms with Gasteiger partial charge in [0.2, 0.25) is 15.9 Å². The molecule has 0 spiro atoms. The zero-order valence-electron chi connectivity index (χ0n) is 12.1. The molecule has 0 saturated carbocycles. The molecule has 5 nitrogen and oxygen atoms in total. The number of benzene rings is 1. The van der Waals surface area contributed by atoms with E-state index in [-0.39, 0.29) is 21.7 Å². The van der Waals surface area contributed by atoms with Crippen LogP contribution in [-0.2, 0) is 14.8 Å². The monoisotopic (exact) mass is 330 g/mol. The molecule has 1 fully saturated rings. The molecular weight excluding hydrogens is 312 g/mol. The van der Waals surface area contributed by atoms with E-state index < -0.39 is 10.0 Å². The predicted octanol–water partition coefficient (Wildman–Crippen LogP) is 1.83. The summed E-state index contributed by atoms with van der Waals surface area (Å²) in [5.74, 6) is -0.0125. The third-order valence-corrected chi connectivity index (χ3v) is 5.90. The number of carbonyl (C=O) groups excluding carboxylic acids is 1. The number of amides is 1. The largest absolute Gasteiger partial charge is 0.340 e. The summed E-state index contributed by atoms with van der Waals surface area (Å²) in [4.78, 5) is 13.7. The number of rotatable bonds is 3. The fraction of sp³-hybridized carbons (Fsp3) is 0.500. The van der Waals surface area contributed by atoms with Crippen LogP contribution in [0.3, 0.4) is 0 Å². The average Bonchev–Trinajstić information content (AvgIpc) is 2.46. The number of halogens is 1. The SMILES string of the molecule is CC(C)C(=O)N1CCN(S(=O)(=O)c2ccccc2Cl)CC1. The van der Waals surface area contributed by atoms with Gasteiger partial charge in [0.05, 0.1) is 5.02 Å². The topological polar surface area (TPSA) is 57.7 Å². The summed E-state index contributed by atoms with van der Waals surface area (Å²) < 4.78 is 26.5. The van der Waals surface area contributed by atoms with Crippen molar-refractivity contribution in [1.29, 1.82) is 0 Å². The maximum absolute atomic E-state index is 12.6. The second-order valence-corrected chi connectivity index (χ2v) is 7.63. The fourth-order valence-electron chi connectivity index (χ4n) is 2.31. The van der Waals surface area contributed by atoms with Gasteiger partial charge in [0.25, 0.3) is 0 Å². The van der Waals surface area contributed by atoms with E-state index in [0.717, 1.165) is 0 Å². The van der Waals surface area contributed by atoms with Crippen LogP contribution in [0.4, 0.5) is 0 Å². The van der Waals surface area contributed by atoms with E-state index in [4.69, 9.17) is 11.6 Å². The molecule has 1 aliphatic heterocycles. The minimum Gasteiger partial charge on any atom is -0.340 e. The maximum atomic E-state index is 12.6. The molecule has 1 aromatic rings. The predicted molar refractivity (Wildman–Crippen MR) is 81.6 cm³/mol. The van der Waals surface area contributed by atoms with Crippen molar-refractivity contribution < 1.29 is 13.2 Å². The Bertz CT molecular complexity index is 623. The summed E-state index contributed by atoms with van der Waals surface area (Å²) >= 11 is 5.98. The van der Waals surface area contributed by atoms with E-state index in [9.17, 15) is 13.2 Å². The summed E-state index contributed by atoms with van der Waals surface area (Å²) in [5, 5.41) is 0.221. The van der Waals surface area contributed by atoms with Crippen LogP contribution in [0, 0.1) is 5.92 Å². The average molecular weight is 331 g/mol. The van der Waals surface area contributed by atoms with E-state index in [1.54, 1.807) is 23.1 Å². The van der Waals surface area contributed by atoms with Crippen LogP contribution in [0.5, 0.6) is 0 Å². The van der Waals surface area contributed by atoms with Crippen LogP contribution in [0.1, 0.15) is 13.8 Å². The second kappa shape index (κ2) is 6.34. The van der Waals surface area contributed by atoms with E-state index in [0.29, 0.717) is 26.2 Å². The first-order chi connectivity index (χ1) is 9.84. The van der Waals surface area contributed by atoms with Crippen molar-refractivity contribution >= 4 is 27.5 Å². The zero-order chi connectivity index (χ0) is 15.6. The number of sulfonamides is 1. The van der Waals surface area contributed by atoms with Crippen molar-refractivity contribution in [3.05, 3.63) is 29.3 Å². The Morgan fingerprint density at radius 1 is 1.14 bits per heavy atom. The lowest BCUT2D eigenvalue weighted by molar-refractivity contribution is -0.135. The zero-order valence-corrected chi connectivity index (χ0v) is 13.7. The quantitative estimate of drug-likeness (QED) is 0.849. The highest BCUT2D eigenvalue weighted by Gasteiger charge is 2.31. The minimum absolute atomic E-state index is 0.0600. The van der Waals surface area contributed by atoms with Crippen molar-refractivity contribution in [3.63, 3.8) is 0 Å². The molecule has 1 heterocycles. The van der Waals surface area contributed by atoms with Gasteiger partial charge in [-0.1, -0.05) is 37.6 Å². The van der Waals surface area contributed by atoms with Crippen molar-refractivity contribution in [3.8, 4) is 0 Å². The summed E-state index contributed by atoms with van der Waals surface area (Å²) in [5.41, 5.74) is 0. The van der Waals surface area contributed by atoms with Gasteiger partial charge in [0.15, 0.2) is 0 Å². The van der Waals surface area contributed by atoms with E-state index >= 15 is 0 Å². The molecule has 0 aromatic heterocycles. The van der Waals surface area contributed by atoms with Crippen molar-refractivity contribution in [1.82, 2.24) is 9.21 Å². The Hall–Kier alpha value is -1.11. The standard InChI is InChI=1S/C14H19ClN2O3S/c1-11(2)14(18)16-7-9-17(10-8-16)21(19,20)13-6-4-3-5-12(13)15/h3-6,11H,7-10H2,1-2H3. The molecule has 1 aromatic carbocycles. The Kier molecular flexibility index (Phi) is 4.91. The number of piperazine rings is 1. The highest BCUT2D eigenvalue weighted by atomic mass is 35.5. The molecule has 0 unspecified atom stereocenters. The lowest BCUT2D eigenvalue weighted by Crippen LogP contribution is -2.51.